The summed E-state index contributed by atoms with van der Waals surface area (Å²) in [5.74, 6) is -2.04. The summed E-state index contributed by atoms with van der Waals surface area (Å²) in [6, 6.07) is 4.96. The number of hydrazine groups is 1. The first kappa shape index (κ1) is 14.6. The number of hydrogen-bond donors (Lipinski definition) is 1. The highest BCUT2D eigenvalue weighted by atomic mass is 16.6. The Morgan fingerprint density at radius 2 is 1.62 bits per heavy atom. The van der Waals surface area contributed by atoms with E-state index in [9.17, 15) is 24.5 Å². The predicted octanol–water partition coefficient (Wildman–Crippen LogP) is 1.05. The number of carbonyl (C=O) groups is 3. The number of hydrogen-bond acceptors (Lipinski definition) is 5. The Labute approximate surface area is 136 Å². The van der Waals surface area contributed by atoms with Crippen LogP contribution in [0.2, 0.25) is 0 Å². The Balaban J connectivity index is 1.51. The molecule has 8 heteroatoms. The summed E-state index contributed by atoms with van der Waals surface area (Å²) in [6.07, 6.45) is 4.76. The molecule has 4 atom stereocenters. The summed E-state index contributed by atoms with van der Waals surface area (Å²) in [4.78, 5) is 47.2. The average molecular weight is 327 g/mol. The third kappa shape index (κ3) is 1.96. The molecule has 1 N–H and O–H groups in total. The highest BCUT2D eigenvalue weighted by Crippen LogP contribution is 2.52. The predicted molar refractivity (Wildman–Crippen MR) is 80.1 cm³/mol. The van der Waals surface area contributed by atoms with Gasteiger partial charge in [0.25, 0.3) is 23.4 Å². The number of rotatable bonds is 3. The van der Waals surface area contributed by atoms with Crippen molar-refractivity contribution in [1.82, 2.24) is 10.4 Å². The van der Waals surface area contributed by atoms with Crippen LogP contribution in [0, 0.1) is 33.8 Å². The summed E-state index contributed by atoms with van der Waals surface area (Å²) in [6.45, 7) is 0. The minimum absolute atomic E-state index is 0.0673. The van der Waals surface area contributed by atoms with Crippen molar-refractivity contribution in [2.45, 2.75) is 6.42 Å². The molecule has 2 bridgehead atoms. The molecule has 0 aromatic heterocycles. The first-order valence-electron chi connectivity index (χ1n) is 7.59. The van der Waals surface area contributed by atoms with Crippen LogP contribution in [-0.2, 0) is 9.59 Å². The first-order chi connectivity index (χ1) is 11.5. The van der Waals surface area contributed by atoms with Gasteiger partial charge in [0.05, 0.1) is 16.8 Å². The van der Waals surface area contributed by atoms with Crippen LogP contribution in [0.15, 0.2) is 36.4 Å². The number of nitro benzene ring substituents is 1. The number of carbonyl (C=O) groups excluding carboxylic acids is 3. The zero-order valence-electron chi connectivity index (χ0n) is 12.4. The maximum Gasteiger partial charge on any atom is 0.270 e. The largest absolute Gasteiger partial charge is 0.272 e. The number of nitrogens with one attached hydrogen (secondary N) is 1. The molecular weight excluding hydrogens is 314 g/mol. The van der Waals surface area contributed by atoms with Crippen LogP contribution in [0.25, 0.3) is 0 Å². The second kappa shape index (κ2) is 4.98. The Morgan fingerprint density at radius 1 is 1.08 bits per heavy atom. The highest BCUT2D eigenvalue weighted by Gasteiger charge is 2.59. The standard InChI is InChI=1S/C16H13N3O5/c20-14(8-3-5-11(6-4-8)19(23)24)17-18-15(21)12-9-1-2-10(7-9)13(12)16(18)22/h1-6,9-10,12-13H,7H2,(H,17,20)/t9-,10+,12-,13+. The minimum Gasteiger partial charge on any atom is -0.272 e. The molecular formula is C16H13N3O5. The first-order valence-corrected chi connectivity index (χ1v) is 7.59. The van der Waals surface area contributed by atoms with E-state index in [1.54, 1.807) is 0 Å². The van der Waals surface area contributed by atoms with Crippen LogP contribution in [-0.4, -0.2) is 27.7 Å². The van der Waals surface area contributed by atoms with Crippen molar-refractivity contribution in [2.75, 3.05) is 0 Å². The fourth-order valence-corrected chi connectivity index (χ4v) is 3.91. The average Bonchev–Trinajstić information content (AvgIpc) is 3.24. The van der Waals surface area contributed by atoms with Crippen molar-refractivity contribution < 1.29 is 19.3 Å². The van der Waals surface area contributed by atoms with Gasteiger partial charge in [0, 0.05) is 17.7 Å². The van der Waals surface area contributed by atoms with E-state index in [4.69, 9.17) is 0 Å². The molecule has 24 heavy (non-hydrogen) atoms. The lowest BCUT2D eigenvalue weighted by Crippen LogP contribution is -2.47. The monoisotopic (exact) mass is 327 g/mol. The molecule has 1 saturated heterocycles. The Kier molecular flexibility index (Phi) is 3.02. The molecule has 3 aliphatic rings. The van der Waals surface area contributed by atoms with Crippen LogP contribution >= 0.6 is 0 Å². The maximum absolute atomic E-state index is 12.5. The summed E-state index contributed by atoms with van der Waals surface area (Å²) >= 11 is 0. The summed E-state index contributed by atoms with van der Waals surface area (Å²) in [7, 11) is 0. The van der Waals surface area contributed by atoms with Gasteiger partial charge in [-0.25, -0.2) is 0 Å². The number of allylic oxidation sites excluding steroid dienone is 2. The molecule has 1 aromatic rings. The second-order valence-corrected chi connectivity index (χ2v) is 6.26. The number of non-ortho nitro benzene ring substituents is 1. The van der Waals surface area contributed by atoms with Crippen LogP contribution in [0.3, 0.4) is 0 Å². The Hall–Kier alpha value is -3.03. The molecule has 4 rings (SSSR count). The molecule has 122 valence electrons. The van der Waals surface area contributed by atoms with Gasteiger partial charge < -0.3 is 0 Å². The van der Waals surface area contributed by atoms with Gasteiger partial charge in [0.15, 0.2) is 0 Å². The van der Waals surface area contributed by atoms with Gasteiger partial charge in [0.2, 0.25) is 0 Å². The summed E-state index contributed by atoms with van der Waals surface area (Å²) in [5.41, 5.74) is 2.34. The molecule has 8 nitrogen and oxygen atoms in total. The minimum atomic E-state index is -0.646. The number of benzene rings is 1. The number of nitrogens with zero attached hydrogens (tertiary/aromatic N) is 2. The fourth-order valence-electron chi connectivity index (χ4n) is 3.91. The van der Waals surface area contributed by atoms with E-state index in [1.807, 2.05) is 12.2 Å². The normalized spacial score (nSPS) is 29.9. The van der Waals surface area contributed by atoms with Gasteiger partial charge in [-0.2, -0.15) is 5.01 Å². The summed E-state index contributed by atoms with van der Waals surface area (Å²) < 4.78 is 0. The van der Waals surface area contributed by atoms with Gasteiger partial charge in [0.1, 0.15) is 0 Å². The summed E-state index contributed by atoms with van der Waals surface area (Å²) in [5, 5.41) is 11.4. The number of nitro groups is 1. The molecule has 1 saturated carbocycles. The van der Waals surface area contributed by atoms with E-state index >= 15 is 0 Å². The topological polar surface area (TPSA) is 110 Å². The van der Waals surface area contributed by atoms with Crippen molar-refractivity contribution in [3.8, 4) is 0 Å². The van der Waals surface area contributed by atoms with Gasteiger partial charge in [-0.15, -0.1) is 0 Å². The quantitative estimate of drug-likeness (QED) is 0.386. The van der Waals surface area contributed by atoms with Crippen molar-refractivity contribution in [3.63, 3.8) is 0 Å². The van der Waals surface area contributed by atoms with E-state index in [0.29, 0.717) is 0 Å². The van der Waals surface area contributed by atoms with E-state index in [2.05, 4.69) is 5.43 Å². The van der Waals surface area contributed by atoms with Gasteiger partial charge in [-0.05, 0) is 30.4 Å². The lowest BCUT2D eigenvalue weighted by molar-refractivity contribution is -0.384. The molecule has 0 radical (unpaired) electrons. The number of imide groups is 1. The van der Waals surface area contributed by atoms with Gasteiger partial charge >= 0.3 is 0 Å². The van der Waals surface area contributed by atoms with E-state index in [1.165, 1.54) is 24.3 Å². The number of fused-ring (bicyclic) bond motifs is 5. The third-order valence-electron chi connectivity index (χ3n) is 5.02. The van der Waals surface area contributed by atoms with Crippen LogP contribution in [0.4, 0.5) is 5.69 Å². The van der Waals surface area contributed by atoms with Gasteiger partial charge in [-0.3, -0.25) is 29.9 Å². The van der Waals surface area contributed by atoms with Crippen LogP contribution in [0.1, 0.15) is 16.8 Å². The van der Waals surface area contributed by atoms with Crippen LogP contribution < -0.4 is 5.43 Å². The molecule has 2 aliphatic carbocycles. The highest BCUT2D eigenvalue weighted by molar-refractivity contribution is 6.08. The fraction of sp³-hybridized carbons (Fsp3) is 0.312. The smallest absolute Gasteiger partial charge is 0.270 e. The van der Waals surface area contributed by atoms with Crippen LogP contribution in [0.5, 0.6) is 0 Å². The lowest BCUT2D eigenvalue weighted by Gasteiger charge is -2.17. The van der Waals surface area contributed by atoms with Crippen molar-refractivity contribution >= 4 is 23.4 Å². The lowest BCUT2D eigenvalue weighted by atomic mass is 9.85. The van der Waals surface area contributed by atoms with Crippen molar-refractivity contribution in [2.24, 2.45) is 23.7 Å². The molecule has 1 aliphatic heterocycles. The third-order valence-corrected chi connectivity index (χ3v) is 5.02. The Morgan fingerprint density at radius 3 is 2.12 bits per heavy atom. The molecule has 0 spiro atoms. The number of amides is 3. The molecule has 1 aromatic carbocycles. The molecule has 0 unspecified atom stereocenters. The molecule has 1 heterocycles. The van der Waals surface area contributed by atoms with E-state index < -0.39 is 10.8 Å². The van der Waals surface area contributed by atoms with Gasteiger partial charge in [-0.1, -0.05) is 12.2 Å². The molecule has 2 fully saturated rings. The Bertz CT molecular complexity index is 770. The second-order valence-electron chi connectivity index (χ2n) is 6.26. The maximum atomic E-state index is 12.5. The zero-order valence-corrected chi connectivity index (χ0v) is 12.4. The van der Waals surface area contributed by atoms with E-state index in [0.717, 1.165) is 11.4 Å². The zero-order chi connectivity index (χ0) is 17.0. The SMILES string of the molecule is O=C(NN1C(=O)[C@@H]2[C@H](C1=O)[C@@H]1C=C[C@H]2C1)c1ccc([N+](=O)[O-])cc1. The molecule has 3 amide bonds. The van der Waals surface area contributed by atoms with Crippen molar-refractivity contribution in [3.05, 3.63) is 52.1 Å². The van der Waals surface area contributed by atoms with Crippen molar-refractivity contribution in [1.29, 1.82) is 0 Å². The van der Waals surface area contributed by atoms with E-state index in [-0.39, 0.29) is 46.7 Å².